The van der Waals surface area contributed by atoms with Crippen LogP contribution < -0.4 is 14.4 Å². The molecule has 0 unspecified atom stereocenters. The van der Waals surface area contributed by atoms with Gasteiger partial charge in [-0.2, -0.15) is 0 Å². The number of benzene rings is 3. The third-order valence-corrected chi connectivity index (χ3v) is 6.15. The maximum atomic E-state index is 13.0. The number of piperazine rings is 1. The molecule has 1 saturated heterocycles. The van der Waals surface area contributed by atoms with E-state index in [1.165, 1.54) is 0 Å². The molecule has 34 heavy (non-hydrogen) atoms. The molecule has 1 aliphatic heterocycles. The second kappa shape index (κ2) is 9.83. The van der Waals surface area contributed by atoms with Crippen molar-refractivity contribution in [2.45, 2.75) is 6.61 Å². The highest BCUT2D eigenvalue weighted by atomic mass is 16.5. The fourth-order valence-electron chi connectivity index (χ4n) is 4.18. The first-order chi connectivity index (χ1) is 16.7. The van der Waals surface area contributed by atoms with Crippen LogP contribution in [0.4, 0.5) is 5.69 Å². The zero-order chi connectivity index (χ0) is 23.3. The Kier molecular flexibility index (Phi) is 6.29. The van der Waals surface area contributed by atoms with Crippen LogP contribution in [0.25, 0.3) is 10.9 Å². The fourth-order valence-corrected chi connectivity index (χ4v) is 4.18. The van der Waals surface area contributed by atoms with Crippen molar-refractivity contribution in [3.63, 3.8) is 0 Å². The van der Waals surface area contributed by atoms with E-state index in [0.717, 1.165) is 46.9 Å². The lowest BCUT2D eigenvalue weighted by molar-refractivity contribution is 0.0746. The van der Waals surface area contributed by atoms with E-state index in [0.29, 0.717) is 25.3 Å². The number of carbonyl (C=O) groups excluding carboxylic acids is 1. The van der Waals surface area contributed by atoms with Crippen LogP contribution in [0, 0.1) is 0 Å². The number of hydrogen-bond acceptors (Lipinski definition) is 5. The standard InChI is InChI=1S/C28H27N3O3/c1-33-25-14-10-24(11-15-25)30-16-18-31(19-17-30)28(32)22-7-12-26(13-8-22)34-20-23-9-6-21-4-2-3-5-27(21)29-23/h2-15H,16-20H2,1H3. The number of amides is 1. The number of para-hydroxylation sites is 1. The Balaban J connectivity index is 1.15. The van der Waals surface area contributed by atoms with Crippen molar-refractivity contribution in [2.24, 2.45) is 0 Å². The highest BCUT2D eigenvalue weighted by Gasteiger charge is 2.22. The maximum absolute atomic E-state index is 13.0. The minimum Gasteiger partial charge on any atom is -0.497 e. The molecule has 0 radical (unpaired) electrons. The molecule has 0 N–H and O–H groups in total. The summed E-state index contributed by atoms with van der Waals surface area (Å²) < 4.78 is 11.1. The van der Waals surface area contributed by atoms with E-state index in [1.54, 1.807) is 7.11 Å². The lowest BCUT2D eigenvalue weighted by Gasteiger charge is -2.36. The first-order valence-corrected chi connectivity index (χ1v) is 11.5. The smallest absolute Gasteiger partial charge is 0.253 e. The van der Waals surface area contributed by atoms with Gasteiger partial charge in [0.25, 0.3) is 5.91 Å². The van der Waals surface area contributed by atoms with Crippen LogP contribution in [0.1, 0.15) is 16.1 Å². The second-order valence-corrected chi connectivity index (χ2v) is 8.29. The lowest BCUT2D eigenvalue weighted by atomic mass is 10.1. The number of methoxy groups -OCH3 is 1. The molecule has 1 amide bonds. The number of carbonyl (C=O) groups is 1. The molecule has 6 heteroatoms. The van der Waals surface area contributed by atoms with Crippen LogP contribution in [-0.2, 0) is 6.61 Å². The molecule has 0 atom stereocenters. The minimum atomic E-state index is 0.0529. The normalized spacial score (nSPS) is 13.7. The van der Waals surface area contributed by atoms with Gasteiger partial charge in [0.05, 0.1) is 18.3 Å². The third kappa shape index (κ3) is 4.81. The van der Waals surface area contributed by atoms with Gasteiger partial charge in [-0.3, -0.25) is 4.79 Å². The fraction of sp³-hybridized carbons (Fsp3) is 0.214. The molecule has 6 nitrogen and oxygen atoms in total. The molecule has 172 valence electrons. The molecule has 1 aliphatic rings. The van der Waals surface area contributed by atoms with Crippen LogP contribution >= 0.6 is 0 Å². The van der Waals surface area contributed by atoms with Gasteiger partial charge in [0.1, 0.15) is 18.1 Å². The van der Waals surface area contributed by atoms with Crippen LogP contribution in [-0.4, -0.2) is 49.1 Å². The van der Waals surface area contributed by atoms with E-state index in [9.17, 15) is 4.79 Å². The van der Waals surface area contributed by atoms with E-state index in [2.05, 4.69) is 28.1 Å². The van der Waals surface area contributed by atoms with E-state index < -0.39 is 0 Å². The summed E-state index contributed by atoms with van der Waals surface area (Å²) in [6.45, 7) is 3.37. The molecule has 0 aliphatic carbocycles. The van der Waals surface area contributed by atoms with Crippen molar-refractivity contribution in [2.75, 3.05) is 38.2 Å². The van der Waals surface area contributed by atoms with Gasteiger partial charge in [0.15, 0.2) is 0 Å². The van der Waals surface area contributed by atoms with Crippen LogP contribution in [0.2, 0.25) is 0 Å². The molecule has 1 aromatic heterocycles. The van der Waals surface area contributed by atoms with Crippen LogP contribution in [0.3, 0.4) is 0 Å². The quantitative estimate of drug-likeness (QED) is 0.420. The number of pyridine rings is 1. The second-order valence-electron chi connectivity index (χ2n) is 8.29. The predicted octanol–water partition coefficient (Wildman–Crippen LogP) is 4.78. The molecule has 1 fully saturated rings. The zero-order valence-electron chi connectivity index (χ0n) is 19.2. The van der Waals surface area contributed by atoms with Gasteiger partial charge >= 0.3 is 0 Å². The number of nitrogens with zero attached hydrogens (tertiary/aromatic N) is 3. The van der Waals surface area contributed by atoms with Crippen molar-refractivity contribution in [3.8, 4) is 11.5 Å². The Labute approximate surface area is 199 Å². The SMILES string of the molecule is COc1ccc(N2CCN(C(=O)c3ccc(OCc4ccc5ccccc5n4)cc3)CC2)cc1. The predicted molar refractivity (Wildman–Crippen MR) is 134 cm³/mol. The topological polar surface area (TPSA) is 54.9 Å². The highest BCUT2D eigenvalue weighted by molar-refractivity contribution is 5.94. The average molecular weight is 454 g/mol. The summed E-state index contributed by atoms with van der Waals surface area (Å²) in [5, 5.41) is 1.11. The Morgan fingerprint density at radius 3 is 2.26 bits per heavy atom. The number of anilines is 1. The minimum absolute atomic E-state index is 0.0529. The van der Waals surface area contributed by atoms with Gasteiger partial charge in [0, 0.05) is 42.8 Å². The lowest BCUT2D eigenvalue weighted by Crippen LogP contribution is -2.48. The van der Waals surface area contributed by atoms with E-state index in [-0.39, 0.29) is 5.91 Å². The molecule has 5 rings (SSSR count). The highest BCUT2D eigenvalue weighted by Crippen LogP contribution is 2.22. The first-order valence-electron chi connectivity index (χ1n) is 11.5. The summed E-state index contributed by atoms with van der Waals surface area (Å²) >= 11 is 0. The maximum Gasteiger partial charge on any atom is 0.253 e. The summed E-state index contributed by atoms with van der Waals surface area (Å²) in [6.07, 6.45) is 0. The summed E-state index contributed by atoms with van der Waals surface area (Å²) in [5.74, 6) is 1.62. The number of fused-ring (bicyclic) bond motifs is 1. The van der Waals surface area contributed by atoms with Crippen molar-refractivity contribution in [3.05, 3.63) is 96.2 Å². The van der Waals surface area contributed by atoms with Gasteiger partial charge in [-0.15, -0.1) is 0 Å². The number of hydrogen-bond donors (Lipinski definition) is 0. The monoisotopic (exact) mass is 453 g/mol. The number of aromatic nitrogens is 1. The van der Waals surface area contributed by atoms with Gasteiger partial charge in [-0.25, -0.2) is 4.98 Å². The zero-order valence-corrected chi connectivity index (χ0v) is 19.2. The molecule has 0 bridgehead atoms. The summed E-state index contributed by atoms with van der Waals surface area (Å²) in [4.78, 5) is 21.8. The van der Waals surface area contributed by atoms with E-state index in [4.69, 9.17) is 9.47 Å². The molecule has 0 saturated carbocycles. The Morgan fingerprint density at radius 1 is 0.824 bits per heavy atom. The van der Waals surface area contributed by atoms with Gasteiger partial charge in [-0.05, 0) is 60.7 Å². The number of rotatable bonds is 6. The van der Waals surface area contributed by atoms with Gasteiger partial charge < -0.3 is 19.3 Å². The van der Waals surface area contributed by atoms with Crippen molar-refractivity contribution < 1.29 is 14.3 Å². The Bertz CT molecular complexity index is 1260. The summed E-state index contributed by atoms with van der Waals surface area (Å²) in [6, 6.07) is 27.5. The third-order valence-electron chi connectivity index (χ3n) is 6.15. The van der Waals surface area contributed by atoms with Crippen molar-refractivity contribution in [1.82, 2.24) is 9.88 Å². The van der Waals surface area contributed by atoms with Gasteiger partial charge in [-0.1, -0.05) is 24.3 Å². The molecular formula is C28H27N3O3. The number of ether oxygens (including phenoxy) is 2. The molecular weight excluding hydrogens is 426 g/mol. The van der Waals surface area contributed by atoms with Crippen molar-refractivity contribution in [1.29, 1.82) is 0 Å². The summed E-state index contributed by atoms with van der Waals surface area (Å²) in [7, 11) is 1.67. The van der Waals surface area contributed by atoms with Gasteiger partial charge in [0.2, 0.25) is 0 Å². The average Bonchev–Trinajstić information content (AvgIpc) is 2.92. The Hall–Kier alpha value is -4.06. The van der Waals surface area contributed by atoms with Crippen molar-refractivity contribution >= 4 is 22.5 Å². The van der Waals surface area contributed by atoms with E-state index >= 15 is 0 Å². The molecule has 4 aromatic rings. The molecule has 3 aromatic carbocycles. The largest absolute Gasteiger partial charge is 0.497 e. The molecule has 0 spiro atoms. The summed E-state index contributed by atoms with van der Waals surface area (Å²) in [5.41, 5.74) is 3.65. The van der Waals surface area contributed by atoms with E-state index in [1.807, 2.05) is 71.6 Å². The first kappa shape index (κ1) is 21.8. The van der Waals surface area contributed by atoms with Crippen LogP contribution in [0.15, 0.2) is 84.9 Å². The Morgan fingerprint density at radius 2 is 1.53 bits per heavy atom. The van der Waals surface area contributed by atoms with Crippen LogP contribution in [0.5, 0.6) is 11.5 Å². The molecule has 2 heterocycles.